The first kappa shape index (κ1) is 16.3. The third-order valence-electron chi connectivity index (χ3n) is 1.34. The highest BCUT2D eigenvalue weighted by Gasteiger charge is 2.03. The van der Waals surface area contributed by atoms with E-state index in [0.29, 0.717) is 0 Å². The lowest BCUT2D eigenvalue weighted by Crippen LogP contribution is -1.96. The molecule has 0 fully saturated rings. The topological polar surface area (TPSA) is 49.3 Å². The molecule has 0 bridgehead atoms. The van der Waals surface area contributed by atoms with Crippen LogP contribution in [0.2, 0.25) is 0 Å². The molecule has 88 valence electrons. The van der Waals surface area contributed by atoms with Crippen molar-refractivity contribution in [2.75, 3.05) is 14.1 Å². The molecule has 4 heteroatoms. The van der Waals surface area contributed by atoms with Crippen molar-refractivity contribution in [3.8, 4) is 0 Å². The largest absolute Gasteiger partial charge is 0.481 e. The van der Waals surface area contributed by atoms with Crippen LogP contribution < -0.4 is 5.32 Å². The zero-order valence-electron chi connectivity index (χ0n) is 9.80. The van der Waals surface area contributed by atoms with Crippen molar-refractivity contribution in [3.63, 3.8) is 0 Å². The smallest absolute Gasteiger partial charge is 0.307 e. The monoisotopic (exact) mass is 217 g/mol. The summed E-state index contributed by atoms with van der Waals surface area (Å²) in [6.45, 7) is 3.17. The molecule has 0 aromatic carbocycles. The van der Waals surface area contributed by atoms with Crippen LogP contribution >= 0.6 is 0 Å². The van der Waals surface area contributed by atoms with E-state index in [9.17, 15) is 9.18 Å². The number of aliphatic carboxylic acids is 1. The number of carboxylic acids is 1. The standard InChI is InChI=1S/C9H13FO2.C2H7N/c1-3-4-5-8(7(2)10)6-9(11)12;1-3-2/h4-5H,3,6H2,1-2H3,(H,11,12);3H,1-2H3/b5-4-,8-7-;. The summed E-state index contributed by atoms with van der Waals surface area (Å²) in [6, 6.07) is 0. The molecule has 15 heavy (non-hydrogen) atoms. The minimum absolute atomic E-state index is 0.240. The molecule has 2 N–H and O–H groups in total. The van der Waals surface area contributed by atoms with Crippen molar-refractivity contribution in [1.29, 1.82) is 0 Å². The second kappa shape index (κ2) is 10.9. The minimum atomic E-state index is -1.01. The Kier molecular flexibility index (Phi) is 11.8. The van der Waals surface area contributed by atoms with Crippen molar-refractivity contribution in [1.82, 2.24) is 5.32 Å². The molecule has 3 nitrogen and oxygen atoms in total. The summed E-state index contributed by atoms with van der Waals surface area (Å²) in [7, 11) is 3.75. The minimum Gasteiger partial charge on any atom is -0.481 e. The van der Waals surface area contributed by atoms with Crippen LogP contribution in [0.5, 0.6) is 0 Å². The third kappa shape index (κ3) is 12.8. The van der Waals surface area contributed by atoms with Crippen LogP contribution in [0.3, 0.4) is 0 Å². The lowest BCUT2D eigenvalue weighted by Gasteiger charge is -1.97. The third-order valence-corrected chi connectivity index (χ3v) is 1.34. The maximum atomic E-state index is 12.6. The lowest BCUT2D eigenvalue weighted by molar-refractivity contribution is -0.136. The number of hydrogen-bond acceptors (Lipinski definition) is 2. The first-order chi connectivity index (χ1) is 6.99. The molecule has 0 unspecified atom stereocenters. The molecular formula is C11H20FNO2. The molecule has 0 radical (unpaired) electrons. The van der Waals surface area contributed by atoms with E-state index in [4.69, 9.17) is 5.11 Å². The number of hydrogen-bond donors (Lipinski definition) is 2. The number of carbonyl (C=O) groups is 1. The summed E-state index contributed by atoms with van der Waals surface area (Å²) in [5, 5.41) is 11.1. The maximum Gasteiger partial charge on any atom is 0.307 e. The van der Waals surface area contributed by atoms with Crippen LogP contribution in [0.15, 0.2) is 23.6 Å². The van der Waals surface area contributed by atoms with Crippen LogP contribution in [0.4, 0.5) is 4.39 Å². The molecule has 0 aliphatic rings. The molecule has 0 heterocycles. The Balaban J connectivity index is 0. The molecule has 0 rings (SSSR count). The molecule has 0 amide bonds. The SMILES string of the molecule is CC/C=C\C(CC(=O)O)=C(/C)F.CNC. The van der Waals surface area contributed by atoms with Gasteiger partial charge in [-0.05, 0) is 33.0 Å². The van der Waals surface area contributed by atoms with Crippen LogP contribution in [-0.4, -0.2) is 25.2 Å². The molecule has 0 aromatic heterocycles. The van der Waals surface area contributed by atoms with Gasteiger partial charge in [-0.2, -0.15) is 0 Å². The van der Waals surface area contributed by atoms with Gasteiger partial charge in [-0.3, -0.25) is 4.79 Å². The second-order valence-corrected chi connectivity index (χ2v) is 2.94. The van der Waals surface area contributed by atoms with Gasteiger partial charge in [0.15, 0.2) is 0 Å². The number of nitrogens with one attached hydrogen (secondary N) is 1. The molecule has 0 saturated carbocycles. The summed E-state index contributed by atoms with van der Waals surface area (Å²) in [4.78, 5) is 10.2. The number of halogens is 1. The van der Waals surface area contributed by atoms with Crippen molar-refractivity contribution in [2.45, 2.75) is 26.7 Å². The Hall–Kier alpha value is -1.16. The zero-order chi connectivity index (χ0) is 12.3. The van der Waals surface area contributed by atoms with E-state index in [2.05, 4.69) is 5.32 Å². The van der Waals surface area contributed by atoms with Crippen molar-refractivity contribution < 1.29 is 14.3 Å². The van der Waals surface area contributed by atoms with Gasteiger partial charge in [-0.1, -0.05) is 19.1 Å². The summed E-state index contributed by atoms with van der Waals surface area (Å²) in [6.07, 6.45) is 3.78. The van der Waals surface area contributed by atoms with Crippen LogP contribution in [-0.2, 0) is 4.79 Å². The Morgan fingerprint density at radius 3 is 2.20 bits per heavy atom. The van der Waals surface area contributed by atoms with Gasteiger partial charge in [0.2, 0.25) is 0 Å². The van der Waals surface area contributed by atoms with E-state index < -0.39 is 11.8 Å². The predicted octanol–water partition coefficient (Wildman–Crippen LogP) is 2.51. The molecular weight excluding hydrogens is 197 g/mol. The zero-order valence-corrected chi connectivity index (χ0v) is 9.80. The molecule has 0 aliphatic heterocycles. The Morgan fingerprint density at radius 1 is 1.47 bits per heavy atom. The molecule has 0 spiro atoms. The molecule has 0 atom stereocenters. The summed E-state index contributed by atoms with van der Waals surface area (Å²) in [5.41, 5.74) is 0.240. The van der Waals surface area contributed by atoms with E-state index in [-0.39, 0.29) is 12.0 Å². The first-order valence-electron chi connectivity index (χ1n) is 4.81. The van der Waals surface area contributed by atoms with Crippen molar-refractivity contribution in [2.24, 2.45) is 0 Å². The van der Waals surface area contributed by atoms with E-state index in [1.165, 1.54) is 13.0 Å². The molecule has 0 saturated heterocycles. The van der Waals surface area contributed by atoms with Gasteiger partial charge in [-0.15, -0.1) is 0 Å². The van der Waals surface area contributed by atoms with E-state index in [0.717, 1.165) is 6.42 Å². The van der Waals surface area contributed by atoms with Gasteiger partial charge in [0, 0.05) is 0 Å². The van der Waals surface area contributed by atoms with Gasteiger partial charge >= 0.3 is 5.97 Å². The van der Waals surface area contributed by atoms with E-state index >= 15 is 0 Å². The van der Waals surface area contributed by atoms with Crippen LogP contribution in [0, 0.1) is 0 Å². The Labute approximate surface area is 90.7 Å². The normalized spacial score (nSPS) is 11.8. The fourth-order valence-corrected chi connectivity index (χ4v) is 0.719. The van der Waals surface area contributed by atoms with Gasteiger partial charge in [0.25, 0.3) is 0 Å². The fraction of sp³-hybridized carbons (Fsp3) is 0.545. The van der Waals surface area contributed by atoms with E-state index in [1.54, 1.807) is 6.08 Å². The Bertz CT molecular complexity index is 231. The maximum absolute atomic E-state index is 12.6. The number of rotatable bonds is 4. The highest BCUT2D eigenvalue weighted by atomic mass is 19.1. The lowest BCUT2D eigenvalue weighted by atomic mass is 10.1. The predicted molar refractivity (Wildman–Crippen MR) is 60.5 cm³/mol. The van der Waals surface area contributed by atoms with Crippen molar-refractivity contribution in [3.05, 3.63) is 23.6 Å². The molecule has 0 aliphatic carbocycles. The van der Waals surface area contributed by atoms with Crippen molar-refractivity contribution >= 4 is 5.97 Å². The highest BCUT2D eigenvalue weighted by molar-refractivity contribution is 5.71. The van der Waals surface area contributed by atoms with Crippen LogP contribution in [0.1, 0.15) is 26.7 Å². The Morgan fingerprint density at radius 2 is 1.93 bits per heavy atom. The number of allylic oxidation sites excluding steroid dienone is 3. The van der Waals surface area contributed by atoms with Crippen LogP contribution in [0.25, 0.3) is 0 Å². The van der Waals surface area contributed by atoms with Gasteiger partial charge < -0.3 is 10.4 Å². The highest BCUT2D eigenvalue weighted by Crippen LogP contribution is 2.11. The average Bonchev–Trinajstić information content (AvgIpc) is 2.12. The first-order valence-corrected chi connectivity index (χ1v) is 4.81. The summed E-state index contributed by atoms with van der Waals surface area (Å²) >= 11 is 0. The quantitative estimate of drug-likeness (QED) is 0.711. The summed E-state index contributed by atoms with van der Waals surface area (Å²) in [5.74, 6) is -1.44. The van der Waals surface area contributed by atoms with Gasteiger partial charge in [0.05, 0.1) is 6.42 Å². The average molecular weight is 217 g/mol. The van der Waals surface area contributed by atoms with E-state index in [1.807, 2.05) is 21.0 Å². The van der Waals surface area contributed by atoms with Gasteiger partial charge in [0.1, 0.15) is 5.83 Å². The number of carboxylic acid groups (broad SMARTS) is 1. The van der Waals surface area contributed by atoms with Gasteiger partial charge in [-0.25, -0.2) is 4.39 Å². The summed E-state index contributed by atoms with van der Waals surface area (Å²) < 4.78 is 12.6. The second-order valence-electron chi connectivity index (χ2n) is 2.94. The fourth-order valence-electron chi connectivity index (χ4n) is 0.719. The molecule has 0 aromatic rings.